The summed E-state index contributed by atoms with van der Waals surface area (Å²) in [6, 6.07) is 8.91. The Morgan fingerprint density at radius 2 is 2.24 bits per heavy atom. The van der Waals surface area contributed by atoms with E-state index < -0.39 is 0 Å². The molecule has 0 radical (unpaired) electrons. The molecule has 5 heteroatoms. The van der Waals surface area contributed by atoms with Gasteiger partial charge < -0.3 is 10.6 Å². The lowest BCUT2D eigenvalue weighted by atomic mass is 10.1. The minimum absolute atomic E-state index is 0.345. The number of hydrogen-bond donors (Lipinski definition) is 3. The lowest BCUT2D eigenvalue weighted by Gasteiger charge is -2.10. The fraction of sp³-hybridized carbons (Fsp3) is 0.417. The summed E-state index contributed by atoms with van der Waals surface area (Å²) in [5.41, 5.74) is 3.13. The van der Waals surface area contributed by atoms with Crippen molar-refractivity contribution in [2.45, 2.75) is 6.42 Å². The van der Waals surface area contributed by atoms with E-state index in [1.807, 2.05) is 30.3 Å². The van der Waals surface area contributed by atoms with E-state index in [9.17, 15) is 4.79 Å². The van der Waals surface area contributed by atoms with Gasteiger partial charge in [0.1, 0.15) is 0 Å². The van der Waals surface area contributed by atoms with Gasteiger partial charge in [0.2, 0.25) is 0 Å². The van der Waals surface area contributed by atoms with Crippen molar-refractivity contribution in [3.63, 3.8) is 0 Å². The number of hydroxylamine groups is 1. The molecular formula is C12H17N3O2. The molecule has 92 valence electrons. The normalized spacial score (nSPS) is 18.9. The quantitative estimate of drug-likeness (QED) is 0.690. The molecule has 5 nitrogen and oxygen atoms in total. The maximum absolute atomic E-state index is 11.4. The molecule has 1 aromatic carbocycles. The van der Waals surface area contributed by atoms with Crippen LogP contribution < -0.4 is 16.1 Å². The number of benzene rings is 1. The van der Waals surface area contributed by atoms with E-state index in [-0.39, 0.29) is 6.03 Å². The highest BCUT2D eigenvalue weighted by molar-refractivity contribution is 5.88. The van der Waals surface area contributed by atoms with Crippen LogP contribution in [0.15, 0.2) is 30.3 Å². The number of para-hydroxylation sites is 1. The largest absolute Gasteiger partial charge is 0.343 e. The second-order valence-electron chi connectivity index (χ2n) is 4.09. The summed E-state index contributed by atoms with van der Waals surface area (Å²) in [7, 11) is 0. The Bertz CT molecular complexity index is 350. The molecular weight excluding hydrogens is 218 g/mol. The predicted octanol–water partition coefficient (Wildman–Crippen LogP) is 1.35. The van der Waals surface area contributed by atoms with Crippen molar-refractivity contribution in [2.24, 2.45) is 5.92 Å². The van der Waals surface area contributed by atoms with E-state index in [1.165, 1.54) is 0 Å². The van der Waals surface area contributed by atoms with Gasteiger partial charge >= 0.3 is 6.03 Å². The van der Waals surface area contributed by atoms with E-state index in [1.54, 1.807) is 0 Å². The number of anilines is 1. The SMILES string of the molecule is O=C(NOCC1CCNC1)Nc1ccccc1. The highest BCUT2D eigenvalue weighted by Gasteiger charge is 2.14. The molecule has 1 unspecified atom stereocenters. The van der Waals surface area contributed by atoms with E-state index in [0.717, 1.165) is 25.2 Å². The van der Waals surface area contributed by atoms with Crippen molar-refractivity contribution in [3.8, 4) is 0 Å². The van der Waals surface area contributed by atoms with Crippen molar-refractivity contribution in [1.82, 2.24) is 10.8 Å². The Labute approximate surface area is 100 Å². The van der Waals surface area contributed by atoms with Crippen LogP contribution in [0.1, 0.15) is 6.42 Å². The zero-order valence-corrected chi connectivity index (χ0v) is 9.61. The second-order valence-corrected chi connectivity index (χ2v) is 4.09. The second kappa shape index (κ2) is 6.22. The number of hydrogen-bond acceptors (Lipinski definition) is 3. The van der Waals surface area contributed by atoms with Gasteiger partial charge in [0.25, 0.3) is 0 Å². The summed E-state index contributed by atoms with van der Waals surface area (Å²) in [6.07, 6.45) is 1.10. The van der Waals surface area contributed by atoms with Crippen LogP contribution in [0.4, 0.5) is 10.5 Å². The summed E-state index contributed by atoms with van der Waals surface area (Å²) in [5.74, 6) is 0.493. The van der Waals surface area contributed by atoms with Crippen LogP contribution in [0.3, 0.4) is 0 Å². The molecule has 0 spiro atoms. The standard InChI is InChI=1S/C12H17N3O2/c16-12(14-11-4-2-1-3-5-11)15-17-9-10-6-7-13-8-10/h1-5,10,13H,6-9H2,(H2,14,15,16). The minimum atomic E-state index is -0.345. The van der Waals surface area contributed by atoms with Crippen LogP contribution in [0.5, 0.6) is 0 Å². The first-order valence-corrected chi connectivity index (χ1v) is 5.79. The third-order valence-electron chi connectivity index (χ3n) is 2.68. The zero-order valence-electron chi connectivity index (χ0n) is 9.61. The van der Waals surface area contributed by atoms with Crippen LogP contribution in [-0.2, 0) is 4.84 Å². The molecule has 1 saturated heterocycles. The molecule has 0 aromatic heterocycles. The van der Waals surface area contributed by atoms with Gasteiger partial charge in [-0.2, -0.15) is 0 Å². The van der Waals surface area contributed by atoms with Crippen molar-refractivity contribution < 1.29 is 9.63 Å². The van der Waals surface area contributed by atoms with E-state index in [0.29, 0.717) is 12.5 Å². The van der Waals surface area contributed by atoms with Crippen LogP contribution in [0, 0.1) is 5.92 Å². The summed E-state index contributed by atoms with van der Waals surface area (Å²) in [4.78, 5) is 16.6. The van der Waals surface area contributed by atoms with E-state index >= 15 is 0 Å². The van der Waals surface area contributed by atoms with Gasteiger partial charge in [-0.25, -0.2) is 10.3 Å². The molecule has 1 aromatic rings. The highest BCUT2D eigenvalue weighted by atomic mass is 16.7. The van der Waals surface area contributed by atoms with Crippen LogP contribution in [-0.4, -0.2) is 25.7 Å². The zero-order chi connectivity index (χ0) is 11.9. The molecule has 2 rings (SSSR count). The third kappa shape index (κ3) is 4.05. The fourth-order valence-electron chi connectivity index (χ4n) is 1.76. The van der Waals surface area contributed by atoms with Gasteiger partial charge in [0, 0.05) is 12.2 Å². The van der Waals surface area contributed by atoms with Crippen LogP contribution in [0.25, 0.3) is 0 Å². The van der Waals surface area contributed by atoms with Crippen molar-refractivity contribution >= 4 is 11.7 Å². The number of amides is 2. The molecule has 1 atom stereocenters. The van der Waals surface area contributed by atoms with Crippen molar-refractivity contribution in [3.05, 3.63) is 30.3 Å². The predicted molar refractivity (Wildman–Crippen MR) is 65.5 cm³/mol. The van der Waals surface area contributed by atoms with Gasteiger partial charge in [0.05, 0.1) is 6.61 Å². The van der Waals surface area contributed by atoms with Gasteiger partial charge in [-0.3, -0.25) is 4.84 Å². The Morgan fingerprint density at radius 3 is 2.94 bits per heavy atom. The van der Waals surface area contributed by atoms with Crippen LogP contribution >= 0.6 is 0 Å². The average Bonchev–Trinajstić information content (AvgIpc) is 2.83. The average molecular weight is 235 g/mol. The van der Waals surface area contributed by atoms with Crippen LogP contribution in [0.2, 0.25) is 0 Å². The van der Waals surface area contributed by atoms with Crippen molar-refractivity contribution in [1.29, 1.82) is 0 Å². The lowest BCUT2D eigenvalue weighted by Crippen LogP contribution is -2.31. The topological polar surface area (TPSA) is 62.4 Å². The van der Waals surface area contributed by atoms with Gasteiger partial charge in [-0.1, -0.05) is 18.2 Å². The summed E-state index contributed by atoms with van der Waals surface area (Å²) < 4.78 is 0. The molecule has 0 bridgehead atoms. The number of rotatable bonds is 4. The maximum atomic E-state index is 11.4. The summed E-state index contributed by atoms with van der Waals surface area (Å²) >= 11 is 0. The van der Waals surface area contributed by atoms with Gasteiger partial charge in [-0.15, -0.1) is 0 Å². The third-order valence-corrected chi connectivity index (χ3v) is 2.68. The van der Waals surface area contributed by atoms with E-state index in [4.69, 9.17) is 4.84 Å². The monoisotopic (exact) mass is 235 g/mol. The first kappa shape index (κ1) is 11.9. The Kier molecular flexibility index (Phi) is 4.35. The first-order chi connectivity index (χ1) is 8.34. The Hall–Kier alpha value is -1.59. The number of urea groups is 1. The highest BCUT2D eigenvalue weighted by Crippen LogP contribution is 2.07. The summed E-state index contributed by atoms with van der Waals surface area (Å²) in [6.45, 7) is 2.54. The molecule has 2 amide bonds. The molecule has 0 aliphatic carbocycles. The molecule has 1 heterocycles. The molecule has 0 saturated carbocycles. The number of carbonyl (C=O) groups is 1. The van der Waals surface area contributed by atoms with Crippen molar-refractivity contribution in [2.75, 3.05) is 25.0 Å². The van der Waals surface area contributed by atoms with Gasteiger partial charge in [-0.05, 0) is 31.0 Å². The molecule has 1 fully saturated rings. The number of carbonyl (C=O) groups excluding carboxylic acids is 1. The maximum Gasteiger partial charge on any atom is 0.343 e. The Morgan fingerprint density at radius 1 is 1.41 bits per heavy atom. The lowest BCUT2D eigenvalue weighted by molar-refractivity contribution is 0.0448. The molecule has 1 aliphatic heterocycles. The number of nitrogens with one attached hydrogen (secondary N) is 3. The molecule has 17 heavy (non-hydrogen) atoms. The Balaban J connectivity index is 1.64. The molecule has 1 aliphatic rings. The molecule has 3 N–H and O–H groups in total. The smallest absolute Gasteiger partial charge is 0.316 e. The summed E-state index contributed by atoms with van der Waals surface area (Å²) in [5, 5.41) is 5.92. The van der Waals surface area contributed by atoms with Gasteiger partial charge in [0.15, 0.2) is 0 Å². The minimum Gasteiger partial charge on any atom is -0.316 e. The van der Waals surface area contributed by atoms with E-state index in [2.05, 4.69) is 16.1 Å². The first-order valence-electron chi connectivity index (χ1n) is 5.79. The fourth-order valence-corrected chi connectivity index (χ4v) is 1.76.